The Kier molecular flexibility index (Phi) is 65.6. The normalized spacial score (nSPS) is 10.7. The van der Waals surface area contributed by atoms with Gasteiger partial charge in [-0.25, -0.2) is 24.5 Å². The highest BCUT2D eigenvalue weighted by molar-refractivity contribution is 5.89. The van der Waals surface area contributed by atoms with Crippen LogP contribution in [-0.2, 0) is 0 Å². The third-order valence-electron chi connectivity index (χ3n) is 7.81. The van der Waals surface area contributed by atoms with Crippen LogP contribution in [0.1, 0.15) is 199 Å². The number of pyridine rings is 1. The number of nitrogens with one attached hydrogen (secondary N) is 4. The summed E-state index contributed by atoms with van der Waals surface area (Å²) in [6.07, 6.45) is 22.5. The van der Waals surface area contributed by atoms with Gasteiger partial charge in [0.15, 0.2) is 0 Å². The Hall–Kier alpha value is -5.19. The van der Waals surface area contributed by atoms with Crippen LogP contribution in [0, 0.1) is 13.8 Å². The second-order valence-electron chi connectivity index (χ2n) is 12.1. The SMILES string of the molecule is C1CCCCC1.C1CCCCC1.CC.CC.CC.CC.CC.CC.CC.CC.CNC(=O)Nc1ccc(Oc2ccc(C)cc2)nc1.CNC(=O)Nc1cnc(Oc2ccc(C)cc2)nc1. The van der Waals surface area contributed by atoms with E-state index in [-0.39, 0.29) is 18.1 Å². The lowest BCUT2D eigenvalue weighted by Gasteiger charge is -2.07. The Bertz CT molecular complexity index is 1370. The molecule has 2 aromatic heterocycles. The lowest BCUT2D eigenvalue weighted by atomic mass is 10.0. The molecule has 2 saturated carbocycles. The van der Waals surface area contributed by atoms with E-state index in [4.69, 9.17) is 9.47 Å². The summed E-state index contributed by atoms with van der Waals surface area (Å²) in [5.41, 5.74) is 3.43. The zero-order chi connectivity index (χ0) is 51.8. The van der Waals surface area contributed by atoms with Crippen molar-refractivity contribution >= 4 is 23.4 Å². The molecule has 11 nitrogen and oxygen atoms in total. The Morgan fingerprint density at radius 2 is 0.682 bits per heavy atom. The standard InChI is InChI=1S/C14H15N3O2.C13H14N4O2.2C6H12.8C2H6/c1-10-3-6-12(7-4-10)19-13-8-5-11(9-16-13)17-14(18)15-2;1-9-3-5-11(6-4-9)19-13-15-7-10(8-16-13)17-12(18)14-2;2*1-2-4-6-5-3-1;8*1-2/h3-9H,1-2H3,(H2,15,17,18);3-8H,1-2H3,(H2,14,17,18);2*1-6H2;8*1-2H3. The summed E-state index contributed by atoms with van der Waals surface area (Å²) >= 11 is 0. The third-order valence-corrected chi connectivity index (χ3v) is 7.81. The topological polar surface area (TPSA) is 139 Å². The second kappa shape index (κ2) is 59.8. The Morgan fingerprint density at radius 3 is 0.970 bits per heavy atom. The number of benzene rings is 2. The number of rotatable bonds is 6. The molecule has 0 unspecified atom stereocenters. The van der Waals surface area contributed by atoms with Crippen molar-refractivity contribution in [1.82, 2.24) is 25.6 Å². The average Bonchev–Trinajstić information content (AvgIpc) is 3.42. The van der Waals surface area contributed by atoms with Gasteiger partial charge in [-0.1, -0.05) is 223 Å². The van der Waals surface area contributed by atoms with Crippen LogP contribution in [0.3, 0.4) is 0 Å². The summed E-state index contributed by atoms with van der Waals surface area (Å²) in [6.45, 7) is 36.0. The maximum absolute atomic E-state index is 11.1. The van der Waals surface area contributed by atoms with Gasteiger partial charge in [0.25, 0.3) is 0 Å². The maximum atomic E-state index is 11.1. The number of urea groups is 2. The average molecular weight is 924 g/mol. The van der Waals surface area contributed by atoms with E-state index in [1.54, 1.807) is 25.4 Å². The van der Waals surface area contributed by atoms with Crippen LogP contribution in [0.15, 0.2) is 79.3 Å². The van der Waals surface area contributed by atoms with Gasteiger partial charge in [-0.15, -0.1) is 0 Å². The minimum Gasteiger partial charge on any atom is -0.439 e. The lowest BCUT2D eigenvalue weighted by Crippen LogP contribution is -2.24. The number of amides is 4. The maximum Gasteiger partial charge on any atom is 0.322 e. The summed E-state index contributed by atoms with van der Waals surface area (Å²) in [5, 5.41) is 10.1. The number of nitrogens with zero attached hydrogens (tertiary/aromatic N) is 3. The molecular weight excluding hydrogens is 823 g/mol. The quantitative estimate of drug-likeness (QED) is 0.151. The minimum atomic E-state index is -0.323. The van der Waals surface area contributed by atoms with Crippen LogP contribution in [0.4, 0.5) is 21.0 Å². The molecule has 4 N–H and O–H groups in total. The number of carbonyl (C=O) groups excluding carboxylic acids is 2. The Balaban J connectivity index is -0.000000176. The van der Waals surface area contributed by atoms with Gasteiger partial charge in [-0.3, -0.25) is 0 Å². The fraction of sp³-hybridized carbons (Fsp3) is 0.582. The van der Waals surface area contributed by atoms with Crippen molar-refractivity contribution in [1.29, 1.82) is 0 Å². The molecule has 4 amide bonds. The molecule has 66 heavy (non-hydrogen) atoms. The van der Waals surface area contributed by atoms with Crippen molar-refractivity contribution in [2.75, 3.05) is 24.7 Å². The van der Waals surface area contributed by atoms with Gasteiger partial charge in [0.1, 0.15) is 11.5 Å². The monoisotopic (exact) mass is 924 g/mol. The fourth-order valence-corrected chi connectivity index (χ4v) is 4.90. The van der Waals surface area contributed by atoms with Gasteiger partial charge in [-0.2, -0.15) is 0 Å². The highest BCUT2D eigenvalue weighted by atomic mass is 16.5. The van der Waals surface area contributed by atoms with E-state index in [0.717, 1.165) is 11.3 Å². The first-order valence-electron chi connectivity index (χ1n) is 25.6. The van der Waals surface area contributed by atoms with E-state index in [1.165, 1.54) is 102 Å². The van der Waals surface area contributed by atoms with E-state index < -0.39 is 0 Å². The first kappa shape index (κ1) is 72.4. The minimum absolute atomic E-state index is 0.228. The number of anilines is 2. The molecule has 0 aliphatic heterocycles. The van der Waals surface area contributed by atoms with Crippen LogP contribution in [0.5, 0.6) is 23.4 Å². The molecule has 380 valence electrons. The molecule has 0 atom stereocenters. The Labute approximate surface area is 406 Å². The fourth-order valence-electron chi connectivity index (χ4n) is 4.90. The van der Waals surface area contributed by atoms with Crippen molar-refractivity contribution in [3.63, 3.8) is 0 Å². The first-order chi connectivity index (χ1) is 32.3. The molecule has 2 aliphatic rings. The molecule has 0 bridgehead atoms. The van der Waals surface area contributed by atoms with Crippen LogP contribution in [-0.4, -0.2) is 41.1 Å². The predicted octanol–water partition coefficient (Wildman–Crippen LogP) is 18.2. The van der Waals surface area contributed by atoms with Gasteiger partial charge in [0.05, 0.1) is 30.0 Å². The lowest BCUT2D eigenvalue weighted by molar-refractivity contribution is 0.253. The molecule has 2 fully saturated rings. The largest absolute Gasteiger partial charge is 0.439 e. The van der Waals surface area contributed by atoms with E-state index in [0.29, 0.717) is 23.0 Å². The smallest absolute Gasteiger partial charge is 0.322 e. The molecule has 2 aliphatic carbocycles. The molecule has 2 aromatic carbocycles. The second-order valence-corrected chi connectivity index (χ2v) is 12.1. The van der Waals surface area contributed by atoms with E-state index in [1.807, 2.05) is 173 Å². The number of hydrogen-bond donors (Lipinski definition) is 4. The zero-order valence-corrected chi connectivity index (χ0v) is 46.0. The molecule has 0 saturated heterocycles. The predicted molar refractivity (Wildman–Crippen MR) is 291 cm³/mol. The van der Waals surface area contributed by atoms with E-state index in [9.17, 15) is 9.59 Å². The van der Waals surface area contributed by atoms with Crippen LogP contribution >= 0.6 is 0 Å². The van der Waals surface area contributed by atoms with Crippen molar-refractivity contribution in [3.8, 4) is 23.4 Å². The van der Waals surface area contributed by atoms with E-state index in [2.05, 4.69) is 36.2 Å². The van der Waals surface area contributed by atoms with Crippen LogP contribution in [0.2, 0.25) is 0 Å². The first-order valence-corrected chi connectivity index (χ1v) is 25.6. The van der Waals surface area contributed by atoms with Gasteiger partial charge in [0.2, 0.25) is 5.88 Å². The van der Waals surface area contributed by atoms with Gasteiger partial charge >= 0.3 is 18.1 Å². The van der Waals surface area contributed by atoms with Crippen molar-refractivity contribution < 1.29 is 19.1 Å². The molecule has 2 heterocycles. The molecule has 6 rings (SSSR count). The molecule has 11 heteroatoms. The number of ether oxygens (including phenoxy) is 2. The van der Waals surface area contributed by atoms with Crippen molar-refractivity contribution in [2.24, 2.45) is 0 Å². The highest BCUT2D eigenvalue weighted by Crippen LogP contribution is 2.21. The summed E-state index contributed by atoms with van der Waals surface area (Å²) in [7, 11) is 3.09. The third kappa shape index (κ3) is 44.0. The molecule has 0 radical (unpaired) electrons. The van der Waals surface area contributed by atoms with Crippen LogP contribution in [0.25, 0.3) is 0 Å². The number of aryl methyl sites for hydroxylation is 2. The summed E-state index contributed by atoms with van der Waals surface area (Å²) < 4.78 is 11.0. The summed E-state index contributed by atoms with van der Waals surface area (Å²) in [6, 6.07) is 18.3. The Morgan fingerprint density at radius 1 is 0.394 bits per heavy atom. The number of carbonyl (C=O) groups is 2. The zero-order valence-electron chi connectivity index (χ0n) is 46.0. The van der Waals surface area contributed by atoms with Gasteiger partial charge in [0, 0.05) is 20.2 Å². The van der Waals surface area contributed by atoms with E-state index >= 15 is 0 Å². The number of hydrogen-bond acceptors (Lipinski definition) is 7. The highest BCUT2D eigenvalue weighted by Gasteiger charge is 2.04. The van der Waals surface area contributed by atoms with Gasteiger partial charge < -0.3 is 30.7 Å². The molecule has 0 spiro atoms. The summed E-state index contributed by atoms with van der Waals surface area (Å²) in [4.78, 5) is 34.3. The van der Waals surface area contributed by atoms with Crippen molar-refractivity contribution in [2.45, 2.75) is 202 Å². The van der Waals surface area contributed by atoms with Crippen LogP contribution < -0.4 is 30.7 Å². The van der Waals surface area contributed by atoms with Gasteiger partial charge in [-0.05, 0) is 44.2 Å². The molecular formula is C55H101N7O4. The summed E-state index contributed by atoms with van der Waals surface area (Å²) in [5.74, 6) is 1.87. The van der Waals surface area contributed by atoms with Crippen molar-refractivity contribution in [3.05, 3.63) is 90.4 Å². The number of aromatic nitrogens is 3. The molecule has 4 aromatic rings.